The van der Waals surface area contributed by atoms with E-state index in [0.29, 0.717) is 31.6 Å². The third-order valence-electron chi connectivity index (χ3n) is 16.8. The van der Waals surface area contributed by atoms with E-state index in [1.165, 1.54) is 154 Å². The number of esters is 4. The lowest BCUT2D eigenvalue weighted by atomic mass is 10.0. The molecule has 0 aromatic heterocycles. The number of allylic oxidation sites excluding steroid dienone is 4. The molecule has 0 saturated heterocycles. The maximum Gasteiger partial charge on any atom is 0.472 e. The van der Waals surface area contributed by atoms with Crippen LogP contribution in [0.5, 0.6) is 0 Å². The van der Waals surface area contributed by atoms with Gasteiger partial charge in [-0.3, -0.25) is 37.3 Å². The number of aliphatic hydroxyl groups is 1. The van der Waals surface area contributed by atoms with Gasteiger partial charge in [0.15, 0.2) is 12.2 Å². The van der Waals surface area contributed by atoms with E-state index >= 15 is 0 Å². The summed E-state index contributed by atoms with van der Waals surface area (Å²) in [4.78, 5) is 72.7. The number of unbranched alkanes of at least 4 members (excludes halogenated alkanes) is 39. The summed E-state index contributed by atoms with van der Waals surface area (Å²) in [6.45, 7) is 9.48. The summed E-state index contributed by atoms with van der Waals surface area (Å²) >= 11 is 0. The third kappa shape index (κ3) is 68.1. The number of hydrogen-bond donors (Lipinski definition) is 3. The molecule has 0 saturated carbocycles. The van der Waals surface area contributed by atoms with Crippen molar-refractivity contribution in [1.29, 1.82) is 0 Å². The van der Waals surface area contributed by atoms with Crippen LogP contribution in [0.3, 0.4) is 0 Å². The lowest BCUT2D eigenvalue weighted by Crippen LogP contribution is -2.30. The summed E-state index contributed by atoms with van der Waals surface area (Å²) in [6, 6.07) is 0. The minimum atomic E-state index is -4.96. The van der Waals surface area contributed by atoms with Gasteiger partial charge in [-0.2, -0.15) is 0 Å². The van der Waals surface area contributed by atoms with Gasteiger partial charge in [0, 0.05) is 25.7 Å². The number of ether oxygens (including phenoxy) is 4. The SMILES string of the molecule is CCCCCC/C=C\C=C/CCCCCCCC(=O)OC[C@H](COP(=O)(O)OC[C@@H](O)COP(=O)(O)OC[C@@H](COC(=O)CCCCCCCCCC(C)C)OC(=O)CCCCCCCCCCCCC)OC(=O)CCCCCCCCCCCCCCCCCC(C)C. The second-order valence-corrected chi connectivity index (χ2v) is 30.2. The molecule has 0 aliphatic rings. The average Bonchev–Trinajstić information content (AvgIpc) is 1.41. The molecule has 2 unspecified atom stereocenters. The molecular weight excluding hydrogens is 1230 g/mol. The van der Waals surface area contributed by atoms with Crippen molar-refractivity contribution in [2.75, 3.05) is 39.6 Å². The van der Waals surface area contributed by atoms with Crippen LogP contribution in [0.1, 0.15) is 363 Å². The van der Waals surface area contributed by atoms with Crippen LogP contribution in [0, 0.1) is 11.8 Å². The lowest BCUT2D eigenvalue weighted by Gasteiger charge is -2.21. The average molecular weight is 1380 g/mol. The summed E-state index contributed by atoms with van der Waals surface area (Å²) in [6.07, 6.45) is 56.3. The van der Waals surface area contributed by atoms with Crippen LogP contribution in [-0.4, -0.2) is 96.7 Å². The Bertz CT molecular complexity index is 1910. The van der Waals surface area contributed by atoms with Gasteiger partial charge in [0.2, 0.25) is 0 Å². The molecule has 0 radical (unpaired) electrons. The first-order valence-electron chi connectivity index (χ1n) is 38.3. The molecule has 5 atom stereocenters. The molecular formula is C75H142O17P2. The first-order chi connectivity index (χ1) is 45.4. The van der Waals surface area contributed by atoms with Crippen molar-refractivity contribution in [3.63, 3.8) is 0 Å². The van der Waals surface area contributed by atoms with E-state index in [4.69, 9.17) is 37.0 Å². The second-order valence-electron chi connectivity index (χ2n) is 27.3. The zero-order valence-corrected chi connectivity index (χ0v) is 62.5. The molecule has 0 aromatic carbocycles. The Kier molecular flexibility index (Phi) is 64.7. The molecule has 0 bridgehead atoms. The Hall–Kier alpha value is -2.46. The van der Waals surface area contributed by atoms with Gasteiger partial charge in [-0.25, -0.2) is 9.13 Å². The van der Waals surface area contributed by atoms with Crippen LogP contribution in [0.15, 0.2) is 24.3 Å². The van der Waals surface area contributed by atoms with E-state index in [1.807, 2.05) is 0 Å². The van der Waals surface area contributed by atoms with Crippen LogP contribution in [0.4, 0.5) is 0 Å². The minimum absolute atomic E-state index is 0.101. The molecule has 19 heteroatoms. The zero-order chi connectivity index (χ0) is 69.3. The van der Waals surface area contributed by atoms with Gasteiger partial charge < -0.3 is 33.8 Å². The first-order valence-corrected chi connectivity index (χ1v) is 41.3. The van der Waals surface area contributed by atoms with Crippen molar-refractivity contribution >= 4 is 39.5 Å². The molecule has 0 aliphatic carbocycles. The van der Waals surface area contributed by atoms with Gasteiger partial charge in [0.1, 0.15) is 19.3 Å². The molecule has 554 valence electrons. The lowest BCUT2D eigenvalue weighted by molar-refractivity contribution is -0.161. The molecule has 94 heavy (non-hydrogen) atoms. The Morgan fingerprint density at radius 2 is 0.574 bits per heavy atom. The number of phosphoric ester groups is 2. The van der Waals surface area contributed by atoms with Crippen molar-refractivity contribution in [2.24, 2.45) is 11.8 Å². The normalized spacial score (nSPS) is 14.2. The minimum Gasteiger partial charge on any atom is -0.462 e. The summed E-state index contributed by atoms with van der Waals surface area (Å²) in [7, 11) is -9.92. The molecule has 3 N–H and O–H groups in total. The standard InChI is InChI=1S/C75H142O17P2/c1-7-9-11-13-15-17-19-20-22-26-30-33-39-45-51-57-72(77)85-63-70(91-75(80)60-54-48-41-35-31-27-24-21-23-25-29-32-37-43-49-55-67(3)4)65-89-93(81,82)87-61-69(76)62-88-94(83,84)90-66-71(64-86-73(78)58-52-46-42-36-38-44-50-56-68(5)6)92-74(79)59-53-47-40-34-28-18-16-14-12-10-8-2/h17,19-20,22,67-71,76H,7-16,18,21,23-66H2,1-6H3,(H,81,82)(H,83,84)/b19-17-,22-20-/t69-,70-,71-/m1/s1. The smallest absolute Gasteiger partial charge is 0.462 e. The molecule has 17 nitrogen and oxygen atoms in total. The van der Waals surface area contributed by atoms with Crippen LogP contribution in [-0.2, 0) is 65.4 Å². The second kappa shape index (κ2) is 66.4. The van der Waals surface area contributed by atoms with Crippen LogP contribution in [0.25, 0.3) is 0 Å². The monoisotopic (exact) mass is 1380 g/mol. The van der Waals surface area contributed by atoms with Gasteiger partial charge in [-0.1, -0.05) is 310 Å². The van der Waals surface area contributed by atoms with Crippen molar-refractivity contribution in [3.8, 4) is 0 Å². The highest BCUT2D eigenvalue weighted by Crippen LogP contribution is 2.45. The third-order valence-corrected chi connectivity index (χ3v) is 18.7. The van der Waals surface area contributed by atoms with Crippen LogP contribution < -0.4 is 0 Å². The number of phosphoric acid groups is 2. The number of hydrogen-bond acceptors (Lipinski definition) is 15. The van der Waals surface area contributed by atoms with Crippen molar-refractivity contribution in [1.82, 2.24) is 0 Å². The van der Waals surface area contributed by atoms with E-state index in [2.05, 4.69) is 65.8 Å². The quantitative estimate of drug-likeness (QED) is 0.0169. The molecule has 0 amide bonds. The predicted molar refractivity (Wildman–Crippen MR) is 381 cm³/mol. The fourth-order valence-electron chi connectivity index (χ4n) is 10.9. The largest absolute Gasteiger partial charge is 0.472 e. The van der Waals surface area contributed by atoms with Gasteiger partial charge in [-0.15, -0.1) is 0 Å². The molecule has 0 spiro atoms. The van der Waals surface area contributed by atoms with Gasteiger partial charge in [0.05, 0.1) is 26.4 Å². The Balaban J connectivity index is 5.27. The summed E-state index contributed by atoms with van der Waals surface area (Å²) in [5.41, 5.74) is 0. The maximum absolute atomic E-state index is 13.1. The van der Waals surface area contributed by atoms with Crippen molar-refractivity contribution in [2.45, 2.75) is 381 Å². The van der Waals surface area contributed by atoms with Gasteiger partial charge in [0.25, 0.3) is 0 Å². The molecule has 0 rings (SSSR count). The van der Waals surface area contributed by atoms with E-state index in [0.717, 1.165) is 121 Å². The van der Waals surface area contributed by atoms with Crippen LogP contribution >= 0.6 is 15.6 Å². The molecule has 0 fully saturated rings. The fourth-order valence-corrected chi connectivity index (χ4v) is 12.5. The summed E-state index contributed by atoms with van der Waals surface area (Å²) in [5.74, 6) is -0.644. The number of carbonyl (C=O) groups is 4. The highest BCUT2D eigenvalue weighted by atomic mass is 31.2. The number of aliphatic hydroxyl groups excluding tert-OH is 1. The number of rotatable bonds is 72. The summed E-state index contributed by atoms with van der Waals surface area (Å²) < 4.78 is 68.4. The Morgan fingerprint density at radius 3 is 0.872 bits per heavy atom. The molecule has 0 aliphatic heterocycles. The van der Waals surface area contributed by atoms with E-state index in [1.54, 1.807) is 0 Å². The fraction of sp³-hybridized carbons (Fsp3) is 0.893. The van der Waals surface area contributed by atoms with E-state index in [9.17, 15) is 43.2 Å². The Labute approximate surface area is 573 Å². The first kappa shape index (κ1) is 91.5. The van der Waals surface area contributed by atoms with Crippen molar-refractivity contribution in [3.05, 3.63) is 24.3 Å². The highest BCUT2D eigenvalue weighted by molar-refractivity contribution is 7.47. The molecule has 0 aromatic rings. The topological polar surface area (TPSA) is 237 Å². The zero-order valence-electron chi connectivity index (χ0n) is 60.7. The highest BCUT2D eigenvalue weighted by Gasteiger charge is 2.30. The van der Waals surface area contributed by atoms with E-state index < -0.39 is 97.5 Å². The predicted octanol–water partition coefficient (Wildman–Crippen LogP) is 21.5. The Morgan fingerprint density at radius 1 is 0.330 bits per heavy atom. The van der Waals surface area contributed by atoms with Crippen LogP contribution in [0.2, 0.25) is 0 Å². The summed E-state index contributed by atoms with van der Waals surface area (Å²) in [5, 5.41) is 10.6. The van der Waals surface area contributed by atoms with E-state index in [-0.39, 0.29) is 25.7 Å². The molecule has 0 heterocycles. The number of carbonyl (C=O) groups excluding carboxylic acids is 4. The van der Waals surface area contributed by atoms with Crippen molar-refractivity contribution < 1.29 is 80.2 Å². The van der Waals surface area contributed by atoms with Gasteiger partial charge in [-0.05, 0) is 63.2 Å². The van der Waals surface area contributed by atoms with Gasteiger partial charge >= 0.3 is 39.5 Å². The maximum atomic E-state index is 13.1.